The van der Waals surface area contributed by atoms with Gasteiger partial charge in [-0.05, 0) is 45.0 Å². The first-order valence-electron chi connectivity index (χ1n) is 11.2. The van der Waals surface area contributed by atoms with Crippen LogP contribution in [0.4, 0.5) is 16.4 Å². The molecule has 35 heavy (non-hydrogen) atoms. The third kappa shape index (κ3) is 4.71. The third-order valence-electron chi connectivity index (χ3n) is 6.26. The van der Waals surface area contributed by atoms with Crippen LogP contribution in [0.2, 0.25) is 0 Å². The van der Waals surface area contributed by atoms with E-state index in [2.05, 4.69) is 35.7 Å². The Balaban J connectivity index is 0.00000289. The molecule has 0 bridgehead atoms. The number of rotatable bonds is 6. The molecule has 3 N–H and O–H groups in total. The lowest BCUT2D eigenvalue weighted by Gasteiger charge is -2.34. The molecule has 3 aromatic heterocycles. The Morgan fingerprint density at radius 1 is 1.20 bits per heavy atom. The van der Waals surface area contributed by atoms with Crippen molar-refractivity contribution in [1.82, 2.24) is 35.3 Å². The molecule has 9 nitrogen and oxygen atoms in total. The molecule has 0 radical (unpaired) electrons. The zero-order valence-electron chi connectivity index (χ0n) is 20.2. The van der Waals surface area contributed by atoms with Crippen LogP contribution in [0.1, 0.15) is 36.7 Å². The largest absolute Gasteiger partial charge is 0.330 e. The van der Waals surface area contributed by atoms with Crippen LogP contribution < -0.4 is 10.6 Å². The number of hydrogen-bond acceptors (Lipinski definition) is 7. The van der Waals surface area contributed by atoms with Crippen molar-refractivity contribution < 1.29 is 4.79 Å². The fourth-order valence-corrected chi connectivity index (χ4v) is 5.19. The fourth-order valence-electron chi connectivity index (χ4n) is 4.46. The summed E-state index contributed by atoms with van der Waals surface area (Å²) in [7, 11) is 4.02. The summed E-state index contributed by atoms with van der Waals surface area (Å²) in [6, 6.07) is 11.8. The number of benzene rings is 1. The highest BCUT2D eigenvalue weighted by atomic mass is 32.1. The monoisotopic (exact) mass is 510 g/mol. The van der Waals surface area contributed by atoms with E-state index in [1.54, 1.807) is 17.7 Å². The molecule has 184 valence electrons. The third-order valence-corrected chi connectivity index (χ3v) is 7.08. The van der Waals surface area contributed by atoms with E-state index < -0.39 is 5.54 Å². The molecule has 0 aliphatic carbocycles. The lowest BCUT2D eigenvalue weighted by Crippen LogP contribution is -2.48. The minimum atomic E-state index is -0.547. The van der Waals surface area contributed by atoms with Gasteiger partial charge >= 0.3 is 6.03 Å². The molecule has 0 spiro atoms. The van der Waals surface area contributed by atoms with Crippen molar-refractivity contribution in [3.05, 3.63) is 64.9 Å². The normalized spacial score (nSPS) is 15.1. The standard InChI is InChI=1S/C24H28N8OS.H2S/c1-24(2)19-17(21(30-29-19)28-20-16-10-11-34-22(16)26-14-25-20)12-32(24)23(33)27-18(13-31(3)4)15-8-6-5-7-9-15;/h5-11,14,18H,12-13H2,1-4H3,(H,27,33)(H2,25,26,28,29,30);1H2/t18-;/m1./s1. The topological polar surface area (TPSA) is 102 Å². The fraction of sp³-hybridized carbons (Fsp3) is 0.333. The molecule has 4 heterocycles. The zero-order valence-corrected chi connectivity index (χ0v) is 22.0. The predicted octanol–water partition coefficient (Wildman–Crippen LogP) is 4.33. The number of anilines is 2. The molecule has 1 atom stereocenters. The summed E-state index contributed by atoms with van der Waals surface area (Å²) in [6.07, 6.45) is 1.55. The van der Waals surface area contributed by atoms with Gasteiger partial charge in [-0.1, -0.05) is 30.3 Å². The Morgan fingerprint density at radius 2 is 1.97 bits per heavy atom. The lowest BCUT2D eigenvalue weighted by atomic mass is 10.0. The summed E-state index contributed by atoms with van der Waals surface area (Å²) in [5, 5.41) is 17.2. The van der Waals surface area contributed by atoms with Crippen LogP contribution in [0.3, 0.4) is 0 Å². The second kappa shape index (κ2) is 9.84. The molecule has 2 amide bonds. The number of nitrogens with zero attached hydrogens (tertiary/aromatic N) is 5. The van der Waals surface area contributed by atoms with Crippen molar-refractivity contribution in [2.75, 3.05) is 26.0 Å². The predicted molar refractivity (Wildman–Crippen MR) is 145 cm³/mol. The number of fused-ring (bicyclic) bond motifs is 2. The number of H-pyrrole nitrogens is 1. The van der Waals surface area contributed by atoms with Crippen LogP contribution in [0.25, 0.3) is 10.2 Å². The van der Waals surface area contributed by atoms with Gasteiger partial charge in [-0.2, -0.15) is 18.6 Å². The number of likely N-dealkylation sites (N-methyl/N-ethyl adjacent to an activating group) is 1. The minimum absolute atomic E-state index is 0. The van der Waals surface area contributed by atoms with Gasteiger partial charge in [-0.3, -0.25) is 5.10 Å². The van der Waals surface area contributed by atoms with Crippen LogP contribution >= 0.6 is 24.8 Å². The quantitative estimate of drug-likeness (QED) is 0.357. The van der Waals surface area contributed by atoms with Crippen molar-refractivity contribution in [2.45, 2.75) is 32.0 Å². The summed E-state index contributed by atoms with van der Waals surface area (Å²) in [6.45, 7) is 5.21. The van der Waals surface area contributed by atoms with Gasteiger partial charge in [-0.25, -0.2) is 14.8 Å². The minimum Gasteiger partial charge on any atom is -0.330 e. The Hall–Kier alpha value is -3.15. The van der Waals surface area contributed by atoms with Crippen molar-refractivity contribution in [2.24, 2.45) is 0 Å². The molecule has 5 rings (SSSR count). The average molecular weight is 511 g/mol. The van der Waals surface area contributed by atoms with Crippen molar-refractivity contribution in [3.8, 4) is 0 Å². The summed E-state index contributed by atoms with van der Waals surface area (Å²) in [5.74, 6) is 1.38. The lowest BCUT2D eigenvalue weighted by molar-refractivity contribution is 0.138. The maximum Gasteiger partial charge on any atom is 0.319 e. The van der Waals surface area contributed by atoms with Gasteiger partial charge in [0.1, 0.15) is 17.0 Å². The molecule has 0 fully saturated rings. The van der Waals surface area contributed by atoms with Crippen LogP contribution in [0, 0.1) is 0 Å². The van der Waals surface area contributed by atoms with Crippen LogP contribution in [0.5, 0.6) is 0 Å². The molecule has 0 saturated heterocycles. The van der Waals surface area contributed by atoms with E-state index in [4.69, 9.17) is 0 Å². The highest BCUT2D eigenvalue weighted by Crippen LogP contribution is 2.41. The van der Waals surface area contributed by atoms with Gasteiger partial charge in [0.15, 0.2) is 5.82 Å². The van der Waals surface area contributed by atoms with Gasteiger partial charge in [0.05, 0.1) is 29.2 Å². The Bertz CT molecular complexity index is 1320. The smallest absolute Gasteiger partial charge is 0.319 e. The number of carbonyl (C=O) groups is 1. The van der Waals surface area contributed by atoms with Crippen molar-refractivity contribution >= 4 is 52.7 Å². The first-order valence-corrected chi connectivity index (χ1v) is 12.0. The summed E-state index contributed by atoms with van der Waals surface area (Å²) >= 11 is 1.57. The van der Waals surface area contributed by atoms with Gasteiger partial charge in [0, 0.05) is 12.1 Å². The number of aromatic nitrogens is 4. The highest BCUT2D eigenvalue weighted by molar-refractivity contribution is 7.59. The molecule has 4 aromatic rings. The van der Waals surface area contributed by atoms with E-state index in [1.165, 1.54) is 0 Å². The van der Waals surface area contributed by atoms with E-state index in [1.807, 2.05) is 74.6 Å². The molecule has 0 saturated carbocycles. The van der Waals surface area contributed by atoms with Crippen LogP contribution in [-0.4, -0.2) is 56.6 Å². The van der Waals surface area contributed by atoms with E-state index in [-0.39, 0.29) is 25.6 Å². The summed E-state index contributed by atoms with van der Waals surface area (Å²) < 4.78 is 0. The van der Waals surface area contributed by atoms with Gasteiger partial charge < -0.3 is 20.4 Å². The average Bonchev–Trinajstić information content (AvgIpc) is 3.50. The second-order valence-corrected chi connectivity index (χ2v) is 10.1. The van der Waals surface area contributed by atoms with E-state index in [0.717, 1.165) is 27.0 Å². The van der Waals surface area contributed by atoms with E-state index in [0.29, 0.717) is 24.7 Å². The number of amides is 2. The molecule has 1 aliphatic heterocycles. The SMILES string of the molecule is CN(C)C[C@@H](NC(=O)N1Cc2c(Nc3ncnc4sccc34)n[nH]c2C1(C)C)c1ccccc1.S. The number of aromatic amines is 1. The van der Waals surface area contributed by atoms with Crippen molar-refractivity contribution in [1.29, 1.82) is 0 Å². The first-order chi connectivity index (χ1) is 16.3. The molecule has 1 aromatic carbocycles. The number of urea groups is 1. The summed E-state index contributed by atoms with van der Waals surface area (Å²) in [4.78, 5) is 27.1. The molecule has 11 heteroatoms. The Labute approximate surface area is 215 Å². The highest BCUT2D eigenvalue weighted by Gasteiger charge is 2.44. The number of nitrogens with one attached hydrogen (secondary N) is 3. The van der Waals surface area contributed by atoms with Gasteiger partial charge in [-0.15, -0.1) is 11.3 Å². The second-order valence-electron chi connectivity index (χ2n) is 9.23. The molecule has 0 unspecified atom stereocenters. The van der Waals surface area contributed by atoms with Crippen molar-refractivity contribution in [3.63, 3.8) is 0 Å². The first kappa shape index (κ1) is 25.0. The number of hydrogen-bond donors (Lipinski definition) is 3. The zero-order chi connectivity index (χ0) is 23.9. The molecular weight excluding hydrogens is 480 g/mol. The summed E-state index contributed by atoms with van der Waals surface area (Å²) in [5.41, 5.74) is 2.41. The maximum atomic E-state index is 13.5. The molecule has 1 aliphatic rings. The van der Waals surface area contributed by atoms with E-state index >= 15 is 0 Å². The Morgan fingerprint density at radius 3 is 2.71 bits per heavy atom. The van der Waals surface area contributed by atoms with Crippen LogP contribution in [0.15, 0.2) is 48.1 Å². The maximum absolute atomic E-state index is 13.5. The Kier molecular flexibility index (Phi) is 7.02. The van der Waals surface area contributed by atoms with Crippen LogP contribution in [-0.2, 0) is 12.1 Å². The number of carbonyl (C=O) groups excluding carboxylic acids is 1. The number of thiophene rings is 1. The molecular formula is C24H30N8OS2. The van der Waals surface area contributed by atoms with Gasteiger partial charge in [0.2, 0.25) is 0 Å². The van der Waals surface area contributed by atoms with E-state index in [9.17, 15) is 4.79 Å². The van der Waals surface area contributed by atoms with Gasteiger partial charge in [0.25, 0.3) is 0 Å².